The first-order valence-corrected chi connectivity index (χ1v) is 15.1. The number of aryl methyl sites for hydroxylation is 2. The van der Waals surface area contributed by atoms with E-state index in [0.29, 0.717) is 38.0 Å². The number of morpholine rings is 1. The SMILES string of the molecule is C=CN=C(CN/N=C/c1ccc(Nc2cc(C)cc(-c3cccc(O)c3)c2)cc1C)N=C(CF)N1CCOCC1.CC.CC. The van der Waals surface area contributed by atoms with E-state index in [1.165, 1.54) is 6.20 Å². The molecule has 1 heterocycles. The molecule has 0 radical (unpaired) electrons. The van der Waals surface area contributed by atoms with Gasteiger partial charge in [-0.2, -0.15) is 5.10 Å². The van der Waals surface area contributed by atoms with Crippen LogP contribution in [0.3, 0.4) is 0 Å². The first-order chi connectivity index (χ1) is 21.4. The number of hydrogen-bond acceptors (Lipinski definition) is 6. The predicted octanol–water partition coefficient (Wildman–Crippen LogP) is 7.64. The number of nitrogens with zero attached hydrogens (tertiary/aromatic N) is 4. The third-order valence-electron chi connectivity index (χ3n) is 6.34. The van der Waals surface area contributed by atoms with Crippen LogP contribution in [0.15, 0.2) is 88.5 Å². The van der Waals surface area contributed by atoms with Gasteiger partial charge < -0.3 is 25.5 Å². The maximum Gasteiger partial charge on any atom is 0.151 e. The number of aromatic hydroxyl groups is 1. The van der Waals surface area contributed by atoms with Crippen LogP contribution in [0.4, 0.5) is 15.8 Å². The second-order valence-electron chi connectivity index (χ2n) is 9.42. The maximum atomic E-state index is 13.6. The van der Waals surface area contributed by atoms with Gasteiger partial charge in [0.25, 0.3) is 0 Å². The van der Waals surface area contributed by atoms with Gasteiger partial charge in [0.2, 0.25) is 0 Å². The van der Waals surface area contributed by atoms with Crippen LogP contribution in [0.1, 0.15) is 44.4 Å². The molecule has 1 fully saturated rings. The van der Waals surface area contributed by atoms with Crippen molar-refractivity contribution < 1.29 is 14.2 Å². The standard InChI is InChI=1S/C31H35FN6O2.2C2H6/c1-4-33-30(37-31(19-32)38-10-12-40-13-11-38)21-35-34-20-25-8-9-27(16-23(25)3)36-28-15-22(2)14-26(17-28)24-6-5-7-29(39)18-24;2*1-2/h4-9,14-18,20,35-36,39H,1,10-13,19,21H2,2-3H3;2*1-2H3/b33-30?,34-20+,37-31?;;. The number of phenolic OH excluding ortho intramolecular Hbond substituents is 1. The number of anilines is 2. The summed E-state index contributed by atoms with van der Waals surface area (Å²) in [5.41, 5.74) is 9.94. The van der Waals surface area contributed by atoms with E-state index in [9.17, 15) is 9.50 Å². The van der Waals surface area contributed by atoms with Crippen molar-refractivity contribution in [2.24, 2.45) is 15.1 Å². The van der Waals surface area contributed by atoms with E-state index in [1.807, 2.05) is 70.7 Å². The number of halogens is 1. The molecule has 0 aliphatic carbocycles. The number of benzene rings is 3. The van der Waals surface area contributed by atoms with Gasteiger partial charge in [0.05, 0.1) is 26.0 Å². The molecular formula is C35H47FN6O2. The number of hydrazone groups is 1. The second-order valence-corrected chi connectivity index (χ2v) is 9.42. The lowest BCUT2D eigenvalue weighted by atomic mass is 10.0. The van der Waals surface area contributed by atoms with E-state index < -0.39 is 6.67 Å². The van der Waals surface area contributed by atoms with E-state index in [2.05, 4.69) is 56.7 Å². The molecule has 0 saturated carbocycles. The molecule has 0 aromatic heterocycles. The van der Waals surface area contributed by atoms with Gasteiger partial charge >= 0.3 is 0 Å². The third-order valence-corrected chi connectivity index (χ3v) is 6.34. The Morgan fingerprint density at radius 3 is 2.39 bits per heavy atom. The molecule has 0 spiro atoms. The molecule has 236 valence electrons. The van der Waals surface area contributed by atoms with Crippen molar-refractivity contribution >= 4 is 29.3 Å². The van der Waals surface area contributed by atoms with E-state index in [0.717, 1.165) is 39.2 Å². The fourth-order valence-corrected chi connectivity index (χ4v) is 4.38. The van der Waals surface area contributed by atoms with E-state index in [1.54, 1.807) is 18.3 Å². The first kappa shape index (κ1) is 35.7. The van der Waals surface area contributed by atoms with Crippen LogP contribution in [0.25, 0.3) is 11.1 Å². The fourth-order valence-electron chi connectivity index (χ4n) is 4.38. The summed E-state index contributed by atoms with van der Waals surface area (Å²) in [6.07, 6.45) is 3.12. The highest BCUT2D eigenvalue weighted by Crippen LogP contribution is 2.29. The summed E-state index contributed by atoms with van der Waals surface area (Å²) in [4.78, 5) is 10.4. The molecule has 0 unspecified atom stereocenters. The van der Waals surface area contributed by atoms with Crippen LogP contribution >= 0.6 is 0 Å². The minimum absolute atomic E-state index is 0.226. The quantitative estimate of drug-likeness (QED) is 0.133. The highest BCUT2D eigenvalue weighted by atomic mass is 19.1. The van der Waals surface area contributed by atoms with Gasteiger partial charge in [-0.05, 0) is 78.1 Å². The monoisotopic (exact) mass is 602 g/mol. The Kier molecular flexibility index (Phi) is 15.9. The average molecular weight is 603 g/mol. The number of ether oxygens (including phenoxy) is 1. The zero-order valence-electron chi connectivity index (χ0n) is 26.9. The molecule has 1 aliphatic heterocycles. The summed E-state index contributed by atoms with van der Waals surface area (Å²) in [6, 6.07) is 19.5. The molecule has 3 aromatic rings. The molecule has 0 atom stereocenters. The fraction of sp³-hybridized carbons (Fsp3) is 0.343. The molecule has 44 heavy (non-hydrogen) atoms. The smallest absolute Gasteiger partial charge is 0.151 e. The summed E-state index contributed by atoms with van der Waals surface area (Å²) in [5, 5.41) is 17.7. The minimum atomic E-state index is -0.682. The molecule has 0 amide bonds. The van der Waals surface area contributed by atoms with Crippen molar-refractivity contribution in [3.8, 4) is 16.9 Å². The highest BCUT2D eigenvalue weighted by molar-refractivity contribution is 5.98. The van der Waals surface area contributed by atoms with Gasteiger partial charge in [-0.25, -0.2) is 14.4 Å². The molecule has 3 N–H and O–H groups in total. The van der Waals surface area contributed by atoms with Crippen LogP contribution in [0, 0.1) is 13.8 Å². The van der Waals surface area contributed by atoms with Crippen molar-refractivity contribution in [2.75, 3.05) is 44.8 Å². The normalized spacial score (nSPS) is 13.4. The Balaban J connectivity index is 0.00000162. The molecule has 4 rings (SSSR count). The van der Waals surface area contributed by atoms with Crippen LogP contribution in [-0.4, -0.2) is 67.4 Å². The van der Waals surface area contributed by atoms with Gasteiger partial charge in [0.15, 0.2) is 5.84 Å². The van der Waals surface area contributed by atoms with Crippen LogP contribution in [-0.2, 0) is 4.74 Å². The van der Waals surface area contributed by atoms with E-state index in [-0.39, 0.29) is 12.3 Å². The Morgan fingerprint density at radius 2 is 1.73 bits per heavy atom. The summed E-state index contributed by atoms with van der Waals surface area (Å²) in [5.74, 6) is 0.965. The Labute approximate surface area is 262 Å². The van der Waals surface area contributed by atoms with E-state index in [4.69, 9.17) is 4.74 Å². The molecule has 1 aliphatic rings. The van der Waals surface area contributed by atoms with Crippen molar-refractivity contribution in [1.82, 2.24) is 10.3 Å². The number of amidine groups is 2. The molecular weight excluding hydrogens is 555 g/mol. The van der Waals surface area contributed by atoms with Gasteiger partial charge in [-0.15, -0.1) is 0 Å². The van der Waals surface area contributed by atoms with Gasteiger partial charge in [-0.3, -0.25) is 0 Å². The van der Waals surface area contributed by atoms with Crippen LogP contribution in [0.2, 0.25) is 0 Å². The highest BCUT2D eigenvalue weighted by Gasteiger charge is 2.15. The van der Waals surface area contributed by atoms with Gasteiger partial charge in [0.1, 0.15) is 18.3 Å². The summed E-state index contributed by atoms with van der Waals surface area (Å²) in [6.45, 7) is 17.5. The van der Waals surface area contributed by atoms with Crippen LogP contribution < -0.4 is 10.7 Å². The predicted molar refractivity (Wildman–Crippen MR) is 184 cm³/mol. The number of aliphatic imine (C=N–C) groups is 2. The Hall–Kier alpha value is -4.50. The lowest BCUT2D eigenvalue weighted by Crippen LogP contribution is -2.42. The van der Waals surface area contributed by atoms with Crippen molar-refractivity contribution in [2.45, 2.75) is 41.5 Å². The third kappa shape index (κ3) is 11.3. The number of hydrogen-bond donors (Lipinski definition) is 3. The molecule has 3 aromatic carbocycles. The molecule has 8 nitrogen and oxygen atoms in total. The maximum absolute atomic E-state index is 13.6. The lowest BCUT2D eigenvalue weighted by Gasteiger charge is -2.28. The number of nitrogens with one attached hydrogen (secondary N) is 2. The molecule has 1 saturated heterocycles. The second kappa shape index (κ2) is 19.6. The zero-order chi connectivity index (χ0) is 32.3. The van der Waals surface area contributed by atoms with Gasteiger partial charge in [-0.1, -0.05) is 58.5 Å². The van der Waals surface area contributed by atoms with Crippen molar-refractivity contribution in [3.63, 3.8) is 0 Å². The van der Waals surface area contributed by atoms with Gasteiger partial charge in [0, 0.05) is 30.7 Å². The Bertz CT molecular complexity index is 1410. The lowest BCUT2D eigenvalue weighted by molar-refractivity contribution is 0.0668. The Morgan fingerprint density at radius 1 is 0.977 bits per heavy atom. The summed E-state index contributed by atoms with van der Waals surface area (Å²) < 4.78 is 19.0. The zero-order valence-corrected chi connectivity index (χ0v) is 26.9. The summed E-state index contributed by atoms with van der Waals surface area (Å²) in [7, 11) is 0. The first-order valence-electron chi connectivity index (χ1n) is 15.1. The minimum Gasteiger partial charge on any atom is -0.508 e. The summed E-state index contributed by atoms with van der Waals surface area (Å²) >= 11 is 0. The molecule has 0 bridgehead atoms. The topological polar surface area (TPSA) is 93.8 Å². The molecule has 9 heteroatoms. The van der Waals surface area contributed by atoms with Crippen LogP contribution in [0.5, 0.6) is 5.75 Å². The van der Waals surface area contributed by atoms with Crippen molar-refractivity contribution in [1.29, 1.82) is 0 Å². The van der Waals surface area contributed by atoms with E-state index >= 15 is 0 Å². The number of phenols is 1. The largest absolute Gasteiger partial charge is 0.508 e. The average Bonchev–Trinajstić information content (AvgIpc) is 3.04. The number of alkyl halides is 1. The van der Waals surface area contributed by atoms with Crippen molar-refractivity contribution in [3.05, 3.63) is 90.1 Å². The number of rotatable bonds is 9.